The molecule has 0 aliphatic carbocycles. The van der Waals surface area contributed by atoms with Crippen molar-refractivity contribution in [2.75, 3.05) is 7.11 Å². The minimum Gasteiger partial charge on any atom is -0.490 e. The maximum absolute atomic E-state index is 14.1. The Hall–Kier alpha value is -1.79. The summed E-state index contributed by atoms with van der Waals surface area (Å²) < 4.78 is 155. The third kappa shape index (κ3) is 5.01. The first kappa shape index (κ1) is 27.2. The number of hydrogen-bond acceptors (Lipinski definition) is 2. The summed E-state index contributed by atoms with van der Waals surface area (Å²) in [5.74, 6) is -28.1. The fraction of sp³-hybridized carbons (Fsp3) is 0.667. The second-order valence-corrected chi connectivity index (χ2v) is 6.73. The Morgan fingerprint density at radius 1 is 0.806 bits per heavy atom. The van der Waals surface area contributed by atoms with Crippen molar-refractivity contribution >= 4 is 0 Å². The zero-order chi connectivity index (χ0) is 24.5. The maximum Gasteiger partial charge on any atom is 0.460 e. The molecule has 31 heavy (non-hydrogen) atoms. The lowest BCUT2D eigenvalue weighted by Crippen LogP contribution is -2.66. The van der Waals surface area contributed by atoms with Crippen molar-refractivity contribution in [3.8, 4) is 5.75 Å². The average Bonchev–Trinajstić information content (AvgIpc) is 2.65. The van der Waals surface area contributed by atoms with Gasteiger partial charge in [-0.1, -0.05) is 25.1 Å². The number of para-hydroxylation sites is 1. The van der Waals surface area contributed by atoms with E-state index in [0.29, 0.717) is 6.42 Å². The molecule has 0 aliphatic heterocycles. The zero-order valence-corrected chi connectivity index (χ0v) is 16.4. The van der Waals surface area contributed by atoms with E-state index in [4.69, 9.17) is 4.74 Å². The fourth-order valence-electron chi connectivity index (χ4n) is 2.44. The van der Waals surface area contributed by atoms with Crippen LogP contribution in [0.3, 0.4) is 0 Å². The van der Waals surface area contributed by atoms with Gasteiger partial charge in [0.05, 0.1) is 12.2 Å². The van der Waals surface area contributed by atoms with Gasteiger partial charge in [0.25, 0.3) is 0 Å². The monoisotopic (exact) mass is 476 g/mol. The lowest BCUT2D eigenvalue weighted by atomic mass is 9.92. The van der Waals surface area contributed by atoms with Gasteiger partial charge in [0, 0.05) is 19.1 Å². The van der Waals surface area contributed by atoms with E-state index in [2.05, 4.69) is 4.74 Å². The van der Waals surface area contributed by atoms with Crippen LogP contribution in [0.25, 0.3) is 0 Å². The first-order valence-electron chi connectivity index (χ1n) is 8.73. The Bertz CT molecular complexity index is 731. The third-order valence-corrected chi connectivity index (χ3v) is 4.50. The van der Waals surface area contributed by atoms with Gasteiger partial charge in [-0.05, 0) is 19.4 Å². The van der Waals surface area contributed by atoms with Crippen molar-refractivity contribution < 1.29 is 57.8 Å². The molecule has 0 aliphatic rings. The van der Waals surface area contributed by atoms with Gasteiger partial charge >= 0.3 is 29.9 Å². The van der Waals surface area contributed by atoms with Crippen LogP contribution in [-0.2, 0) is 4.74 Å². The molecule has 1 aromatic carbocycles. The van der Waals surface area contributed by atoms with E-state index >= 15 is 0 Å². The summed E-state index contributed by atoms with van der Waals surface area (Å²) in [4.78, 5) is 0. The molecule has 13 heteroatoms. The molecule has 0 amide bonds. The Balaban J connectivity index is 3.36. The topological polar surface area (TPSA) is 18.5 Å². The summed E-state index contributed by atoms with van der Waals surface area (Å²) in [5.41, 5.74) is -0.313. The SMILES string of the molecule is CCC(C)Oc1ccccc1C(CC(F)(F)C(F)(F)C(F)(F)C(F)(F)C(F)(F)F)OC. The van der Waals surface area contributed by atoms with Crippen molar-refractivity contribution in [1.82, 2.24) is 0 Å². The molecular formula is C18H19F11O2. The van der Waals surface area contributed by atoms with E-state index in [1.165, 1.54) is 18.2 Å². The van der Waals surface area contributed by atoms with Crippen LogP contribution in [-0.4, -0.2) is 43.1 Å². The van der Waals surface area contributed by atoms with Crippen LogP contribution in [0, 0.1) is 0 Å². The number of rotatable bonds is 10. The lowest BCUT2D eigenvalue weighted by molar-refractivity contribution is -0.423. The van der Waals surface area contributed by atoms with E-state index in [-0.39, 0.29) is 11.3 Å². The molecule has 0 heterocycles. The van der Waals surface area contributed by atoms with Crippen molar-refractivity contribution in [3.05, 3.63) is 29.8 Å². The fourth-order valence-corrected chi connectivity index (χ4v) is 2.44. The summed E-state index contributed by atoms with van der Waals surface area (Å²) in [6, 6.07) is 4.92. The number of ether oxygens (including phenoxy) is 2. The number of benzene rings is 1. The first-order chi connectivity index (χ1) is 13.9. The van der Waals surface area contributed by atoms with Gasteiger partial charge in [-0.25, -0.2) is 0 Å². The minimum atomic E-state index is -7.45. The van der Waals surface area contributed by atoms with Crippen LogP contribution in [0.2, 0.25) is 0 Å². The standard InChI is InChI=1S/C18H19F11O2/c1-4-10(2)31-12-8-6-5-7-11(12)13(30-3)9-14(19,20)15(21,22)16(23,24)17(25,26)18(27,28)29/h5-8,10,13H,4,9H2,1-3H3. The molecular weight excluding hydrogens is 457 g/mol. The second kappa shape index (κ2) is 8.99. The van der Waals surface area contributed by atoms with E-state index in [9.17, 15) is 48.3 Å². The van der Waals surface area contributed by atoms with Gasteiger partial charge in [0.2, 0.25) is 0 Å². The highest BCUT2D eigenvalue weighted by atomic mass is 19.4. The number of hydrogen-bond donors (Lipinski definition) is 0. The van der Waals surface area contributed by atoms with Crippen molar-refractivity contribution in [2.24, 2.45) is 0 Å². The van der Waals surface area contributed by atoms with Gasteiger partial charge in [0.15, 0.2) is 0 Å². The predicted molar refractivity (Wildman–Crippen MR) is 87.0 cm³/mol. The van der Waals surface area contributed by atoms with Crippen LogP contribution in [0.15, 0.2) is 24.3 Å². The highest BCUT2D eigenvalue weighted by Gasteiger charge is 2.87. The van der Waals surface area contributed by atoms with E-state index in [1.54, 1.807) is 13.8 Å². The van der Waals surface area contributed by atoms with Crippen molar-refractivity contribution in [2.45, 2.75) is 68.8 Å². The highest BCUT2D eigenvalue weighted by Crippen LogP contribution is 2.58. The molecule has 1 aromatic rings. The summed E-state index contributed by atoms with van der Waals surface area (Å²) >= 11 is 0. The van der Waals surface area contributed by atoms with Crippen molar-refractivity contribution in [1.29, 1.82) is 0 Å². The van der Waals surface area contributed by atoms with Gasteiger partial charge in [-0.15, -0.1) is 0 Å². The van der Waals surface area contributed by atoms with E-state index in [0.717, 1.165) is 13.2 Å². The number of halogens is 11. The maximum atomic E-state index is 14.1. The average molecular weight is 476 g/mol. The first-order valence-corrected chi connectivity index (χ1v) is 8.73. The molecule has 1 rings (SSSR count). The molecule has 0 saturated heterocycles. The van der Waals surface area contributed by atoms with Crippen LogP contribution in [0.5, 0.6) is 5.75 Å². The second-order valence-electron chi connectivity index (χ2n) is 6.73. The molecule has 0 fully saturated rings. The molecule has 0 N–H and O–H groups in total. The summed E-state index contributed by atoms with van der Waals surface area (Å²) in [5, 5.41) is 0. The van der Waals surface area contributed by atoms with Crippen LogP contribution >= 0.6 is 0 Å². The van der Waals surface area contributed by atoms with Crippen LogP contribution < -0.4 is 4.74 Å². The molecule has 0 bridgehead atoms. The van der Waals surface area contributed by atoms with Gasteiger partial charge in [-0.2, -0.15) is 48.3 Å². The quantitative estimate of drug-likeness (QED) is 0.337. The Morgan fingerprint density at radius 2 is 1.32 bits per heavy atom. The largest absolute Gasteiger partial charge is 0.490 e. The summed E-state index contributed by atoms with van der Waals surface area (Å²) in [6.07, 6.45) is -11.7. The third-order valence-electron chi connectivity index (χ3n) is 4.50. The van der Waals surface area contributed by atoms with Gasteiger partial charge in [-0.3, -0.25) is 0 Å². The Morgan fingerprint density at radius 3 is 1.77 bits per heavy atom. The molecule has 0 saturated carbocycles. The highest BCUT2D eigenvalue weighted by molar-refractivity contribution is 5.35. The Labute approximate surface area is 170 Å². The molecule has 0 aromatic heterocycles. The molecule has 2 unspecified atom stereocenters. The predicted octanol–water partition coefficient (Wildman–Crippen LogP) is 7.05. The molecule has 180 valence electrons. The van der Waals surface area contributed by atoms with Crippen LogP contribution in [0.1, 0.15) is 38.4 Å². The molecule has 0 spiro atoms. The minimum absolute atomic E-state index is 0.143. The Kier molecular flexibility index (Phi) is 7.90. The molecule has 2 atom stereocenters. The van der Waals surface area contributed by atoms with Crippen molar-refractivity contribution in [3.63, 3.8) is 0 Å². The van der Waals surface area contributed by atoms with Crippen LogP contribution in [0.4, 0.5) is 48.3 Å². The lowest BCUT2D eigenvalue weighted by Gasteiger charge is -2.38. The van der Waals surface area contributed by atoms with Gasteiger partial charge in [0.1, 0.15) is 5.75 Å². The molecule has 0 radical (unpaired) electrons. The van der Waals surface area contributed by atoms with Gasteiger partial charge < -0.3 is 9.47 Å². The normalized spacial score (nSPS) is 16.2. The summed E-state index contributed by atoms with van der Waals surface area (Å²) in [7, 11) is 0.737. The summed E-state index contributed by atoms with van der Waals surface area (Å²) in [6.45, 7) is 3.26. The number of methoxy groups -OCH3 is 1. The number of alkyl halides is 11. The van der Waals surface area contributed by atoms with E-state index in [1.807, 2.05) is 0 Å². The smallest absolute Gasteiger partial charge is 0.460 e. The van der Waals surface area contributed by atoms with E-state index < -0.39 is 48.5 Å². The zero-order valence-electron chi connectivity index (χ0n) is 16.4. The molecule has 2 nitrogen and oxygen atoms in total.